The molecule has 0 unspecified atom stereocenters. The standard InChI is InChI=1S/C22H23N3O6S2/c1-22(2,33-25-29)13-24-18(26)11-12-19(27)31-17-6-4-3-5-16(17)21(28)30-15-9-7-14(8-10-15)20(23)32/h3-10H,11-13H2,1-2H3,(H2,23,32)(H,24,26). The molecule has 0 saturated heterocycles. The van der Waals surface area contributed by atoms with Gasteiger partial charge in [-0.05, 0) is 50.2 Å². The van der Waals surface area contributed by atoms with Crippen molar-refractivity contribution in [1.82, 2.24) is 5.32 Å². The van der Waals surface area contributed by atoms with Crippen LogP contribution in [0.2, 0.25) is 0 Å². The molecule has 1 amide bonds. The minimum atomic E-state index is -0.720. The Balaban J connectivity index is 1.93. The highest BCUT2D eigenvalue weighted by atomic mass is 32.2. The fourth-order valence-electron chi connectivity index (χ4n) is 2.50. The van der Waals surface area contributed by atoms with Crippen molar-refractivity contribution in [2.45, 2.75) is 31.4 Å². The quantitative estimate of drug-likeness (QED) is 0.160. The average molecular weight is 490 g/mol. The monoisotopic (exact) mass is 489 g/mol. The zero-order valence-electron chi connectivity index (χ0n) is 18.0. The van der Waals surface area contributed by atoms with Gasteiger partial charge < -0.3 is 20.5 Å². The van der Waals surface area contributed by atoms with Gasteiger partial charge in [0.25, 0.3) is 0 Å². The summed E-state index contributed by atoms with van der Waals surface area (Å²) in [6, 6.07) is 12.5. The number of esters is 2. The van der Waals surface area contributed by atoms with Crippen LogP contribution in [0.1, 0.15) is 42.6 Å². The van der Waals surface area contributed by atoms with E-state index in [0.29, 0.717) is 5.56 Å². The maximum absolute atomic E-state index is 12.6. The second-order valence-electron chi connectivity index (χ2n) is 7.45. The Morgan fingerprint density at radius 1 is 1.06 bits per heavy atom. The number of nitrogens with two attached hydrogens (primary N) is 1. The molecule has 0 bridgehead atoms. The van der Waals surface area contributed by atoms with Gasteiger partial charge in [-0.2, -0.15) is 0 Å². The van der Waals surface area contributed by atoms with E-state index in [1.54, 1.807) is 50.2 Å². The number of ether oxygens (including phenoxy) is 2. The molecule has 0 saturated carbocycles. The minimum absolute atomic E-state index is 0.0160. The van der Waals surface area contributed by atoms with Gasteiger partial charge in [0, 0.05) is 35.1 Å². The third-order valence-electron chi connectivity index (χ3n) is 4.23. The Morgan fingerprint density at radius 2 is 1.73 bits per heavy atom. The number of hydrogen-bond donors (Lipinski definition) is 2. The lowest BCUT2D eigenvalue weighted by Crippen LogP contribution is -2.36. The molecule has 0 spiro atoms. The first kappa shape index (κ1) is 25.9. The van der Waals surface area contributed by atoms with Gasteiger partial charge >= 0.3 is 11.9 Å². The minimum Gasteiger partial charge on any atom is -0.426 e. The molecule has 11 heteroatoms. The van der Waals surface area contributed by atoms with Crippen molar-refractivity contribution < 1.29 is 23.9 Å². The maximum atomic E-state index is 12.6. The van der Waals surface area contributed by atoms with Gasteiger partial charge in [0.2, 0.25) is 5.91 Å². The van der Waals surface area contributed by atoms with Gasteiger partial charge in [-0.25, -0.2) is 4.79 Å². The summed E-state index contributed by atoms with van der Waals surface area (Å²) in [4.78, 5) is 47.3. The Morgan fingerprint density at radius 3 is 2.36 bits per heavy atom. The zero-order chi connectivity index (χ0) is 24.4. The lowest BCUT2D eigenvalue weighted by atomic mass is 10.2. The molecule has 0 fully saturated rings. The number of nitrogens with one attached hydrogen (secondary N) is 1. The second kappa shape index (κ2) is 12.1. The van der Waals surface area contributed by atoms with Crippen LogP contribution in [-0.4, -0.2) is 34.1 Å². The van der Waals surface area contributed by atoms with Gasteiger partial charge in [0.05, 0.1) is 11.2 Å². The summed E-state index contributed by atoms with van der Waals surface area (Å²) in [5, 5.41) is 2.64. The molecule has 0 heterocycles. The normalized spacial score (nSPS) is 10.7. The SMILES string of the molecule is CC(C)(CNC(=O)CCC(=O)Oc1ccccc1C(=O)Oc1ccc(C(N)=S)cc1)SN=O. The number of rotatable bonds is 11. The van der Waals surface area contributed by atoms with Crippen molar-refractivity contribution in [3.8, 4) is 11.5 Å². The van der Waals surface area contributed by atoms with E-state index in [4.69, 9.17) is 27.4 Å². The molecule has 0 aliphatic rings. The van der Waals surface area contributed by atoms with Crippen molar-refractivity contribution >= 4 is 47.0 Å². The Bertz CT molecular complexity index is 1040. The highest BCUT2D eigenvalue weighted by Gasteiger charge is 2.21. The van der Waals surface area contributed by atoms with Gasteiger partial charge in [-0.15, -0.1) is 4.91 Å². The van der Waals surface area contributed by atoms with Crippen molar-refractivity contribution in [3.63, 3.8) is 0 Å². The largest absolute Gasteiger partial charge is 0.426 e. The molecule has 0 radical (unpaired) electrons. The summed E-state index contributed by atoms with van der Waals surface area (Å²) in [6.45, 7) is 3.72. The van der Waals surface area contributed by atoms with Crippen LogP contribution in [-0.2, 0) is 9.59 Å². The molecule has 0 aliphatic carbocycles. The predicted molar refractivity (Wildman–Crippen MR) is 129 cm³/mol. The highest BCUT2D eigenvalue weighted by molar-refractivity contribution is 7.99. The molecule has 3 N–H and O–H groups in total. The number of carbonyl (C=O) groups is 3. The fraction of sp³-hybridized carbons (Fsp3) is 0.273. The molecular formula is C22H23N3O6S2. The Kier molecular flexibility index (Phi) is 9.49. The van der Waals surface area contributed by atoms with Gasteiger partial charge in [0.15, 0.2) is 0 Å². The van der Waals surface area contributed by atoms with Crippen LogP contribution in [0.4, 0.5) is 0 Å². The summed E-state index contributed by atoms with van der Waals surface area (Å²) in [5.74, 6) is -1.50. The van der Waals surface area contributed by atoms with Crippen LogP contribution in [0, 0.1) is 4.91 Å². The number of hydrogen-bond acceptors (Lipinski definition) is 9. The number of para-hydroxylation sites is 1. The molecule has 9 nitrogen and oxygen atoms in total. The van der Waals surface area contributed by atoms with Crippen molar-refractivity contribution in [2.24, 2.45) is 10.3 Å². The lowest BCUT2D eigenvalue weighted by molar-refractivity contribution is -0.136. The van der Waals surface area contributed by atoms with Crippen LogP contribution < -0.4 is 20.5 Å². The second-order valence-corrected chi connectivity index (χ2v) is 9.33. The van der Waals surface area contributed by atoms with E-state index in [1.807, 2.05) is 0 Å². The molecular weight excluding hydrogens is 466 g/mol. The molecule has 174 valence electrons. The Labute approximate surface area is 200 Å². The summed E-state index contributed by atoms with van der Waals surface area (Å²) in [5.41, 5.74) is 6.23. The fourth-order valence-corrected chi connectivity index (χ4v) is 2.97. The number of carbonyl (C=O) groups excluding carboxylic acids is 3. The smallest absolute Gasteiger partial charge is 0.347 e. The molecule has 0 aliphatic heterocycles. The van der Waals surface area contributed by atoms with Crippen LogP contribution in [0.3, 0.4) is 0 Å². The molecule has 2 rings (SSSR count). The molecule has 2 aromatic rings. The van der Waals surface area contributed by atoms with Crippen molar-refractivity contribution in [1.29, 1.82) is 0 Å². The number of amides is 1. The number of benzene rings is 2. The first-order valence-corrected chi connectivity index (χ1v) is 11.0. The third-order valence-corrected chi connectivity index (χ3v) is 5.18. The predicted octanol–water partition coefficient (Wildman–Crippen LogP) is 3.54. The highest BCUT2D eigenvalue weighted by Crippen LogP contribution is 2.24. The Hall–Kier alpha value is -3.31. The van der Waals surface area contributed by atoms with E-state index in [1.165, 1.54) is 12.1 Å². The van der Waals surface area contributed by atoms with E-state index in [9.17, 15) is 19.3 Å². The lowest BCUT2D eigenvalue weighted by Gasteiger charge is -2.19. The van der Waals surface area contributed by atoms with E-state index in [0.717, 1.165) is 11.9 Å². The van der Waals surface area contributed by atoms with Crippen molar-refractivity contribution in [2.75, 3.05) is 6.54 Å². The molecule has 2 aromatic carbocycles. The average Bonchev–Trinajstić information content (AvgIpc) is 2.77. The number of thiocarbonyl (C=S) groups is 1. The van der Waals surface area contributed by atoms with E-state index in [-0.39, 0.29) is 47.3 Å². The van der Waals surface area contributed by atoms with Crippen LogP contribution in [0.15, 0.2) is 53.1 Å². The molecule has 0 aromatic heterocycles. The van der Waals surface area contributed by atoms with E-state index >= 15 is 0 Å². The summed E-state index contributed by atoms with van der Waals surface area (Å²) in [6.07, 6.45) is -0.314. The summed E-state index contributed by atoms with van der Waals surface area (Å²) >= 11 is 5.70. The van der Waals surface area contributed by atoms with Crippen molar-refractivity contribution in [3.05, 3.63) is 64.6 Å². The number of nitroso groups, excluding NO2 is 1. The van der Waals surface area contributed by atoms with Gasteiger partial charge in [-0.3, -0.25) is 9.59 Å². The van der Waals surface area contributed by atoms with E-state index in [2.05, 4.69) is 9.90 Å². The van der Waals surface area contributed by atoms with Crippen LogP contribution in [0.25, 0.3) is 0 Å². The van der Waals surface area contributed by atoms with E-state index < -0.39 is 16.7 Å². The van der Waals surface area contributed by atoms with Crippen LogP contribution >= 0.6 is 24.2 Å². The number of nitrogens with zero attached hydrogens (tertiary/aromatic N) is 1. The topological polar surface area (TPSA) is 137 Å². The van der Waals surface area contributed by atoms with Gasteiger partial charge in [-0.1, -0.05) is 24.4 Å². The van der Waals surface area contributed by atoms with Crippen LogP contribution in [0.5, 0.6) is 11.5 Å². The first-order valence-electron chi connectivity index (χ1n) is 9.80. The van der Waals surface area contributed by atoms with Gasteiger partial charge in [0.1, 0.15) is 22.1 Å². The maximum Gasteiger partial charge on any atom is 0.347 e. The summed E-state index contributed by atoms with van der Waals surface area (Å²) < 4.78 is 12.8. The molecule has 33 heavy (non-hydrogen) atoms. The first-order chi connectivity index (χ1) is 15.6. The third kappa shape index (κ3) is 8.62. The summed E-state index contributed by atoms with van der Waals surface area (Å²) in [7, 11) is 0. The molecule has 0 atom stereocenters. The zero-order valence-corrected chi connectivity index (χ0v) is 19.7.